The molecule has 0 aromatic heterocycles. The number of hydrogen-bond donors (Lipinski definition) is 1. The maximum atomic E-state index is 3.87. The Balaban J connectivity index is 2.95. The summed E-state index contributed by atoms with van der Waals surface area (Å²) in [6.07, 6.45) is 3.05. The molecule has 1 nitrogen and oxygen atoms in total. The molecule has 0 amide bonds. The van der Waals surface area contributed by atoms with Gasteiger partial charge in [-0.05, 0) is 24.1 Å². The Labute approximate surface area is 86.8 Å². The minimum absolute atomic E-state index is 0.288. The van der Waals surface area contributed by atoms with Crippen LogP contribution < -0.4 is 5.32 Å². The van der Waals surface area contributed by atoms with E-state index in [0.717, 1.165) is 13.0 Å². The number of benzene rings is 1. The van der Waals surface area contributed by atoms with E-state index < -0.39 is 0 Å². The summed E-state index contributed by atoms with van der Waals surface area (Å²) in [5, 5.41) is 3.41. The summed E-state index contributed by atoms with van der Waals surface area (Å²) in [4.78, 5) is 0. The van der Waals surface area contributed by atoms with Gasteiger partial charge in [-0.15, -0.1) is 6.58 Å². The molecule has 0 saturated carbocycles. The van der Waals surface area contributed by atoms with Gasteiger partial charge in [0, 0.05) is 0 Å². The van der Waals surface area contributed by atoms with Crippen LogP contribution in [0.5, 0.6) is 0 Å². The first kappa shape index (κ1) is 11.0. The van der Waals surface area contributed by atoms with E-state index in [1.165, 1.54) is 11.1 Å². The summed E-state index contributed by atoms with van der Waals surface area (Å²) in [7, 11) is 0. The lowest BCUT2D eigenvalue weighted by Gasteiger charge is -2.17. The van der Waals surface area contributed by atoms with Crippen LogP contribution in [-0.2, 0) is 6.42 Å². The van der Waals surface area contributed by atoms with Crippen LogP contribution in [0.4, 0.5) is 0 Å². The lowest BCUT2D eigenvalue weighted by Crippen LogP contribution is -2.19. The van der Waals surface area contributed by atoms with E-state index in [4.69, 9.17) is 0 Å². The molecule has 1 rings (SSSR count). The second-order valence-corrected chi connectivity index (χ2v) is 3.32. The van der Waals surface area contributed by atoms with Crippen LogP contribution >= 0.6 is 0 Å². The van der Waals surface area contributed by atoms with E-state index in [0.29, 0.717) is 0 Å². The second-order valence-electron chi connectivity index (χ2n) is 3.32. The van der Waals surface area contributed by atoms with Gasteiger partial charge in [-0.3, -0.25) is 0 Å². The highest BCUT2D eigenvalue weighted by Crippen LogP contribution is 2.19. The fourth-order valence-corrected chi connectivity index (χ4v) is 1.70. The molecule has 1 unspecified atom stereocenters. The lowest BCUT2D eigenvalue weighted by atomic mass is 9.98. The van der Waals surface area contributed by atoms with Gasteiger partial charge in [0.15, 0.2) is 0 Å². The van der Waals surface area contributed by atoms with Gasteiger partial charge < -0.3 is 5.32 Å². The van der Waals surface area contributed by atoms with Gasteiger partial charge in [-0.1, -0.05) is 44.2 Å². The summed E-state index contributed by atoms with van der Waals surface area (Å²) in [6.45, 7) is 9.14. The maximum Gasteiger partial charge on any atom is 0.0506 e. The Morgan fingerprint density at radius 3 is 2.64 bits per heavy atom. The molecule has 1 N–H and O–H groups in total. The molecule has 1 atom stereocenters. The minimum Gasteiger partial charge on any atom is -0.307 e. The van der Waals surface area contributed by atoms with Crippen LogP contribution in [-0.4, -0.2) is 6.54 Å². The third-order valence-electron chi connectivity index (χ3n) is 2.43. The van der Waals surface area contributed by atoms with E-state index in [2.05, 4.69) is 50.0 Å². The standard InChI is InChI=1S/C13H19N/c1-4-11-9-7-8-10-12(11)13(5-2)14-6-3/h5,7-10,13-14H,2,4,6H2,1,3H3. The molecule has 0 radical (unpaired) electrons. The first-order chi connectivity index (χ1) is 6.83. The molecule has 14 heavy (non-hydrogen) atoms. The zero-order valence-corrected chi connectivity index (χ0v) is 9.09. The van der Waals surface area contributed by atoms with Crippen LogP contribution in [0.2, 0.25) is 0 Å². The first-order valence-corrected chi connectivity index (χ1v) is 5.27. The Morgan fingerprint density at radius 2 is 2.07 bits per heavy atom. The Kier molecular flexibility index (Phi) is 4.41. The van der Waals surface area contributed by atoms with Crippen molar-refractivity contribution >= 4 is 0 Å². The normalized spacial score (nSPS) is 12.4. The Morgan fingerprint density at radius 1 is 1.36 bits per heavy atom. The average molecular weight is 189 g/mol. The van der Waals surface area contributed by atoms with Gasteiger partial charge in [-0.25, -0.2) is 0 Å². The van der Waals surface area contributed by atoms with E-state index >= 15 is 0 Å². The van der Waals surface area contributed by atoms with Crippen LogP contribution in [0.25, 0.3) is 0 Å². The number of nitrogens with one attached hydrogen (secondary N) is 1. The second kappa shape index (κ2) is 5.61. The molecule has 0 aliphatic carbocycles. The van der Waals surface area contributed by atoms with Crippen molar-refractivity contribution in [2.75, 3.05) is 6.54 Å². The third-order valence-corrected chi connectivity index (χ3v) is 2.43. The van der Waals surface area contributed by atoms with Crippen LogP contribution in [0, 0.1) is 0 Å². The lowest BCUT2D eigenvalue weighted by molar-refractivity contribution is 0.644. The van der Waals surface area contributed by atoms with E-state index in [-0.39, 0.29) is 6.04 Å². The Bertz CT molecular complexity index is 291. The van der Waals surface area contributed by atoms with Gasteiger partial charge >= 0.3 is 0 Å². The molecule has 0 spiro atoms. The molecule has 1 heteroatoms. The number of rotatable bonds is 5. The van der Waals surface area contributed by atoms with E-state index in [1.54, 1.807) is 0 Å². The SMILES string of the molecule is C=CC(NCC)c1ccccc1CC. The number of hydrogen-bond acceptors (Lipinski definition) is 1. The molecule has 0 fully saturated rings. The molecule has 1 aromatic rings. The van der Waals surface area contributed by atoms with Crippen LogP contribution in [0.1, 0.15) is 31.0 Å². The summed E-state index contributed by atoms with van der Waals surface area (Å²) in [5.41, 5.74) is 2.75. The van der Waals surface area contributed by atoms with Crippen molar-refractivity contribution in [2.24, 2.45) is 0 Å². The van der Waals surface area contributed by atoms with Crippen molar-refractivity contribution in [3.05, 3.63) is 48.0 Å². The van der Waals surface area contributed by atoms with Gasteiger partial charge in [0.1, 0.15) is 0 Å². The zero-order valence-electron chi connectivity index (χ0n) is 9.09. The van der Waals surface area contributed by atoms with Gasteiger partial charge in [0.2, 0.25) is 0 Å². The molecule has 0 saturated heterocycles. The molecular formula is C13H19N. The molecule has 0 aliphatic heterocycles. The summed E-state index contributed by atoms with van der Waals surface area (Å²) < 4.78 is 0. The quantitative estimate of drug-likeness (QED) is 0.702. The number of aryl methyl sites for hydroxylation is 1. The molecule has 1 aromatic carbocycles. The monoisotopic (exact) mass is 189 g/mol. The fourth-order valence-electron chi connectivity index (χ4n) is 1.70. The van der Waals surface area contributed by atoms with Crippen LogP contribution in [0.3, 0.4) is 0 Å². The highest BCUT2D eigenvalue weighted by molar-refractivity contribution is 5.32. The number of likely N-dealkylation sites (N-methyl/N-ethyl adjacent to an activating group) is 1. The molecule has 76 valence electrons. The van der Waals surface area contributed by atoms with Crippen molar-refractivity contribution in [3.8, 4) is 0 Å². The summed E-state index contributed by atoms with van der Waals surface area (Å²) in [6, 6.07) is 8.82. The summed E-state index contributed by atoms with van der Waals surface area (Å²) >= 11 is 0. The first-order valence-electron chi connectivity index (χ1n) is 5.27. The van der Waals surface area contributed by atoms with Crippen molar-refractivity contribution in [3.63, 3.8) is 0 Å². The topological polar surface area (TPSA) is 12.0 Å². The highest BCUT2D eigenvalue weighted by Gasteiger charge is 2.08. The Hall–Kier alpha value is -1.08. The molecule has 0 aliphatic rings. The average Bonchev–Trinajstić information content (AvgIpc) is 2.26. The molecular weight excluding hydrogens is 170 g/mol. The third kappa shape index (κ3) is 2.46. The maximum absolute atomic E-state index is 3.87. The van der Waals surface area contributed by atoms with Crippen molar-refractivity contribution in [1.29, 1.82) is 0 Å². The minimum atomic E-state index is 0.288. The predicted molar refractivity (Wildman–Crippen MR) is 62.4 cm³/mol. The fraction of sp³-hybridized carbons (Fsp3) is 0.385. The van der Waals surface area contributed by atoms with Gasteiger partial charge in [0.25, 0.3) is 0 Å². The molecule has 0 bridgehead atoms. The predicted octanol–water partition coefficient (Wildman–Crippen LogP) is 3.09. The van der Waals surface area contributed by atoms with Crippen molar-refractivity contribution in [2.45, 2.75) is 26.3 Å². The van der Waals surface area contributed by atoms with Gasteiger partial charge in [0.05, 0.1) is 6.04 Å². The smallest absolute Gasteiger partial charge is 0.0506 e. The van der Waals surface area contributed by atoms with Crippen molar-refractivity contribution < 1.29 is 0 Å². The van der Waals surface area contributed by atoms with Crippen LogP contribution in [0.15, 0.2) is 36.9 Å². The van der Waals surface area contributed by atoms with E-state index in [1.807, 2.05) is 6.08 Å². The molecule has 0 heterocycles. The van der Waals surface area contributed by atoms with Crippen molar-refractivity contribution in [1.82, 2.24) is 5.32 Å². The summed E-state index contributed by atoms with van der Waals surface area (Å²) in [5.74, 6) is 0. The zero-order chi connectivity index (χ0) is 10.4. The van der Waals surface area contributed by atoms with E-state index in [9.17, 15) is 0 Å². The van der Waals surface area contributed by atoms with Gasteiger partial charge in [-0.2, -0.15) is 0 Å². The highest BCUT2D eigenvalue weighted by atomic mass is 14.9. The largest absolute Gasteiger partial charge is 0.307 e.